The minimum atomic E-state index is -0.616. The zero-order valence-corrected chi connectivity index (χ0v) is 10.3. The number of nitrogens with one attached hydrogen (secondary N) is 2. The van der Waals surface area contributed by atoms with Crippen LogP contribution >= 0.6 is 12.2 Å². The molecule has 1 aromatic heterocycles. The largest absolute Gasteiger partial charge is 0.412 e. The minimum absolute atomic E-state index is 0.0159. The maximum absolute atomic E-state index is 11.8. The number of hydrogen-bond donors (Lipinski definition) is 2. The van der Waals surface area contributed by atoms with Crippen LogP contribution in [0.4, 0.5) is 5.69 Å². The highest BCUT2D eigenvalue weighted by molar-refractivity contribution is 7.71. The van der Waals surface area contributed by atoms with Crippen LogP contribution in [0.5, 0.6) is 0 Å². The molecule has 0 saturated carbocycles. The molecule has 19 heavy (non-hydrogen) atoms. The molecule has 8 nitrogen and oxygen atoms in total. The Morgan fingerprint density at radius 2 is 2.26 bits per heavy atom. The van der Waals surface area contributed by atoms with Crippen LogP contribution < -0.4 is 5.32 Å². The summed E-state index contributed by atoms with van der Waals surface area (Å²) in [5.74, 6) is -0.395. The number of H-pyrrole nitrogens is 1. The van der Waals surface area contributed by atoms with Crippen molar-refractivity contribution >= 4 is 23.8 Å². The van der Waals surface area contributed by atoms with Gasteiger partial charge in [0.25, 0.3) is 16.4 Å². The zero-order valence-electron chi connectivity index (χ0n) is 9.45. The summed E-state index contributed by atoms with van der Waals surface area (Å²) in [6, 6.07) is 5.66. The number of aromatic amines is 1. The fourth-order valence-electron chi connectivity index (χ4n) is 1.41. The summed E-state index contributed by atoms with van der Waals surface area (Å²) in [5.41, 5.74) is -0.287. The standard InChI is InChI=1S/C10H8N4O4S/c15-9(11-5-8-12-13-10(19)18-8)6-3-1-2-4-7(6)14(16)17/h1-4H,5H2,(H,11,15)(H,13,19). The second-order valence-corrected chi connectivity index (χ2v) is 3.83. The van der Waals surface area contributed by atoms with Gasteiger partial charge in [0.1, 0.15) is 5.56 Å². The van der Waals surface area contributed by atoms with Crippen LogP contribution in [0, 0.1) is 15.0 Å². The minimum Gasteiger partial charge on any atom is -0.412 e. The van der Waals surface area contributed by atoms with Crippen LogP contribution in [0.2, 0.25) is 0 Å². The van der Waals surface area contributed by atoms with Crippen molar-refractivity contribution in [1.29, 1.82) is 0 Å². The third-order valence-electron chi connectivity index (χ3n) is 2.23. The Morgan fingerprint density at radius 1 is 1.53 bits per heavy atom. The molecule has 0 unspecified atom stereocenters. The van der Waals surface area contributed by atoms with Gasteiger partial charge in [-0.3, -0.25) is 14.9 Å². The highest BCUT2D eigenvalue weighted by Gasteiger charge is 2.19. The lowest BCUT2D eigenvalue weighted by atomic mass is 10.1. The van der Waals surface area contributed by atoms with Gasteiger partial charge in [0.15, 0.2) is 0 Å². The van der Waals surface area contributed by atoms with Crippen molar-refractivity contribution in [3.63, 3.8) is 0 Å². The highest BCUT2D eigenvalue weighted by atomic mass is 32.1. The number of benzene rings is 1. The molecule has 1 heterocycles. The summed E-state index contributed by atoms with van der Waals surface area (Å²) in [5, 5.41) is 19.3. The van der Waals surface area contributed by atoms with E-state index in [1.165, 1.54) is 18.2 Å². The summed E-state index contributed by atoms with van der Waals surface area (Å²) >= 11 is 4.67. The molecular weight excluding hydrogens is 272 g/mol. The van der Waals surface area contributed by atoms with E-state index in [4.69, 9.17) is 4.42 Å². The molecule has 0 aliphatic heterocycles. The van der Waals surface area contributed by atoms with Crippen LogP contribution in [0.15, 0.2) is 28.7 Å². The fraction of sp³-hybridized carbons (Fsp3) is 0.100. The van der Waals surface area contributed by atoms with Crippen molar-refractivity contribution in [2.45, 2.75) is 6.54 Å². The lowest BCUT2D eigenvalue weighted by Crippen LogP contribution is -2.23. The first kappa shape index (κ1) is 12.9. The van der Waals surface area contributed by atoms with E-state index in [9.17, 15) is 14.9 Å². The van der Waals surface area contributed by atoms with Crippen molar-refractivity contribution in [2.75, 3.05) is 0 Å². The first-order chi connectivity index (χ1) is 9.08. The van der Waals surface area contributed by atoms with Crippen LogP contribution in [-0.2, 0) is 6.54 Å². The van der Waals surface area contributed by atoms with Crippen LogP contribution in [0.3, 0.4) is 0 Å². The Labute approximate surface area is 111 Å². The molecule has 1 aromatic carbocycles. The van der Waals surface area contributed by atoms with Crippen LogP contribution in [0.1, 0.15) is 16.2 Å². The summed E-state index contributed by atoms with van der Waals surface area (Å²) in [6.07, 6.45) is 0. The Hall–Kier alpha value is -2.55. The third-order valence-corrected chi connectivity index (χ3v) is 2.40. The van der Waals surface area contributed by atoms with Gasteiger partial charge in [-0.15, -0.1) is 5.10 Å². The molecule has 0 saturated heterocycles. The van der Waals surface area contributed by atoms with Gasteiger partial charge >= 0.3 is 0 Å². The van der Waals surface area contributed by atoms with E-state index in [1.54, 1.807) is 6.07 Å². The summed E-state index contributed by atoms with van der Waals surface area (Å²) in [7, 11) is 0. The molecular formula is C10H8N4O4S. The molecule has 0 spiro atoms. The monoisotopic (exact) mass is 280 g/mol. The Balaban J connectivity index is 2.12. The number of nitro benzene ring substituents is 1. The van der Waals surface area contributed by atoms with Gasteiger partial charge in [-0.05, 0) is 18.3 Å². The number of amides is 1. The molecule has 2 rings (SSSR count). The molecule has 0 aliphatic rings. The first-order valence-corrected chi connectivity index (χ1v) is 5.55. The van der Waals surface area contributed by atoms with Crippen molar-refractivity contribution in [2.24, 2.45) is 0 Å². The van der Waals surface area contributed by atoms with Gasteiger partial charge in [-0.1, -0.05) is 12.1 Å². The second kappa shape index (κ2) is 5.40. The van der Waals surface area contributed by atoms with Gasteiger partial charge in [0, 0.05) is 6.07 Å². The van der Waals surface area contributed by atoms with Crippen LogP contribution in [-0.4, -0.2) is 21.0 Å². The van der Waals surface area contributed by atoms with E-state index in [0.29, 0.717) is 0 Å². The summed E-state index contributed by atoms with van der Waals surface area (Å²) < 4.78 is 4.95. The first-order valence-electron chi connectivity index (χ1n) is 5.14. The Kier molecular flexibility index (Phi) is 3.66. The number of carbonyl (C=O) groups excluding carboxylic acids is 1. The van der Waals surface area contributed by atoms with Gasteiger partial charge in [-0.25, -0.2) is 5.10 Å². The Morgan fingerprint density at radius 3 is 2.89 bits per heavy atom. The molecule has 0 bridgehead atoms. The number of hydrogen-bond acceptors (Lipinski definition) is 6. The summed E-state index contributed by atoms with van der Waals surface area (Å²) in [4.78, 5) is 22.1. The molecule has 0 aliphatic carbocycles. The number of aromatic nitrogens is 2. The number of rotatable bonds is 4. The second-order valence-electron chi connectivity index (χ2n) is 3.46. The normalized spacial score (nSPS) is 10.1. The molecule has 1 amide bonds. The third kappa shape index (κ3) is 3.01. The topological polar surface area (TPSA) is 114 Å². The van der Waals surface area contributed by atoms with Crippen molar-refractivity contribution < 1.29 is 14.1 Å². The van der Waals surface area contributed by atoms with Crippen LogP contribution in [0.25, 0.3) is 0 Å². The Bertz CT molecular complexity index is 678. The maximum atomic E-state index is 11.8. The van der Waals surface area contributed by atoms with E-state index in [0.717, 1.165) is 0 Å². The van der Waals surface area contributed by atoms with Crippen molar-refractivity contribution in [3.8, 4) is 0 Å². The SMILES string of the molecule is O=C(NCc1n[nH]c(=S)o1)c1ccccc1[N+](=O)[O-]. The van der Waals surface area contributed by atoms with Crippen molar-refractivity contribution in [3.05, 3.63) is 50.7 Å². The van der Waals surface area contributed by atoms with Gasteiger partial charge in [0.05, 0.1) is 11.5 Å². The summed E-state index contributed by atoms with van der Waals surface area (Å²) in [6.45, 7) is -0.0159. The number of nitro groups is 1. The maximum Gasteiger partial charge on any atom is 0.284 e. The average Bonchev–Trinajstić information content (AvgIpc) is 2.81. The van der Waals surface area contributed by atoms with E-state index >= 15 is 0 Å². The quantitative estimate of drug-likeness (QED) is 0.499. The van der Waals surface area contributed by atoms with E-state index < -0.39 is 10.8 Å². The predicted octanol–water partition coefficient (Wildman–Crippen LogP) is 1.57. The highest BCUT2D eigenvalue weighted by Crippen LogP contribution is 2.17. The van der Waals surface area contributed by atoms with E-state index in [1.807, 2.05) is 0 Å². The zero-order chi connectivity index (χ0) is 13.8. The molecule has 2 N–H and O–H groups in total. The lowest BCUT2D eigenvalue weighted by molar-refractivity contribution is -0.385. The fourth-order valence-corrected chi connectivity index (χ4v) is 1.55. The van der Waals surface area contributed by atoms with Gasteiger partial charge in [-0.2, -0.15) is 0 Å². The predicted molar refractivity (Wildman–Crippen MR) is 66.0 cm³/mol. The average molecular weight is 280 g/mol. The van der Waals surface area contributed by atoms with E-state index in [2.05, 4.69) is 27.7 Å². The molecule has 9 heteroatoms. The lowest BCUT2D eigenvalue weighted by Gasteiger charge is -2.03. The van der Waals surface area contributed by atoms with Gasteiger partial charge in [0.2, 0.25) is 5.89 Å². The smallest absolute Gasteiger partial charge is 0.284 e. The number of para-hydroxylation sites is 1. The molecule has 0 radical (unpaired) electrons. The van der Waals surface area contributed by atoms with Crippen molar-refractivity contribution in [1.82, 2.24) is 15.5 Å². The number of carbonyl (C=O) groups is 1. The number of nitrogens with zero attached hydrogens (tertiary/aromatic N) is 2. The van der Waals surface area contributed by atoms with E-state index in [-0.39, 0.29) is 28.5 Å². The van der Waals surface area contributed by atoms with Gasteiger partial charge < -0.3 is 9.73 Å². The molecule has 0 fully saturated rings. The molecule has 2 aromatic rings. The molecule has 0 atom stereocenters. The molecule has 98 valence electrons.